The minimum atomic E-state index is -1.04. The summed E-state index contributed by atoms with van der Waals surface area (Å²) in [5.41, 5.74) is 6.13. The molecule has 0 aliphatic heterocycles. The molecule has 2 atom stereocenters. The van der Waals surface area contributed by atoms with Gasteiger partial charge in [0.15, 0.2) is 0 Å². The molecule has 4 rings (SSSR count). The summed E-state index contributed by atoms with van der Waals surface area (Å²) in [6.45, 7) is 4.14. The van der Waals surface area contributed by atoms with E-state index in [0.717, 1.165) is 16.7 Å². The number of aliphatic hydroxyl groups is 2. The van der Waals surface area contributed by atoms with Gasteiger partial charge in [0.05, 0.1) is 6.10 Å². The number of carbonyl (C=O) groups excluding carboxylic acids is 1. The lowest BCUT2D eigenvalue weighted by molar-refractivity contribution is 0.0136. The first-order valence-corrected chi connectivity index (χ1v) is 10.8. The van der Waals surface area contributed by atoms with Crippen LogP contribution in [0.5, 0.6) is 0 Å². The van der Waals surface area contributed by atoms with E-state index in [1.54, 1.807) is 24.3 Å². The summed E-state index contributed by atoms with van der Waals surface area (Å²) in [5, 5.41) is 23.3. The predicted molar refractivity (Wildman–Crippen MR) is 125 cm³/mol. The quantitative estimate of drug-likeness (QED) is 0.487. The summed E-state index contributed by atoms with van der Waals surface area (Å²) in [6, 6.07) is 23.5. The molecule has 5 nitrogen and oxygen atoms in total. The average molecular weight is 430 g/mol. The molecule has 0 fully saturated rings. The Morgan fingerprint density at radius 3 is 2.31 bits per heavy atom. The number of benzene rings is 3. The molecule has 0 radical (unpaired) electrons. The van der Waals surface area contributed by atoms with Gasteiger partial charge in [0.25, 0.3) is 0 Å². The molecule has 1 aliphatic carbocycles. The minimum absolute atomic E-state index is 0.00213. The third-order valence-corrected chi connectivity index (χ3v) is 5.91. The number of rotatable bonds is 8. The first-order chi connectivity index (χ1) is 15.6. The van der Waals surface area contributed by atoms with Crippen molar-refractivity contribution in [2.45, 2.75) is 24.5 Å². The molecule has 5 heteroatoms. The van der Waals surface area contributed by atoms with E-state index in [-0.39, 0.29) is 25.5 Å². The normalized spacial score (nSPS) is 14.2. The lowest BCUT2D eigenvalue weighted by Crippen LogP contribution is -2.30. The van der Waals surface area contributed by atoms with Gasteiger partial charge in [0, 0.05) is 12.5 Å². The van der Waals surface area contributed by atoms with Crippen LogP contribution in [0.4, 0.5) is 4.79 Å². The van der Waals surface area contributed by atoms with E-state index >= 15 is 0 Å². The zero-order chi connectivity index (χ0) is 22.5. The number of nitrogens with one attached hydrogen (secondary N) is 1. The van der Waals surface area contributed by atoms with Crippen molar-refractivity contribution in [3.8, 4) is 11.1 Å². The fraction of sp³-hybridized carbons (Fsp3) is 0.222. The molecular weight excluding hydrogens is 402 g/mol. The molecule has 164 valence electrons. The van der Waals surface area contributed by atoms with Gasteiger partial charge in [-0.05, 0) is 45.9 Å². The fourth-order valence-electron chi connectivity index (χ4n) is 4.22. The van der Waals surface area contributed by atoms with Crippen LogP contribution in [0.3, 0.4) is 0 Å². The van der Waals surface area contributed by atoms with Crippen molar-refractivity contribution in [3.63, 3.8) is 0 Å². The zero-order valence-electron chi connectivity index (χ0n) is 17.8. The number of carbonyl (C=O) groups is 1. The Hall–Kier alpha value is -3.41. The van der Waals surface area contributed by atoms with Crippen LogP contribution < -0.4 is 5.32 Å². The molecule has 1 aliphatic rings. The number of fused-ring (bicyclic) bond motifs is 3. The van der Waals surface area contributed by atoms with Crippen molar-refractivity contribution < 1.29 is 19.7 Å². The molecule has 2 unspecified atom stereocenters. The Balaban J connectivity index is 1.28. The number of alkyl carbamates (subject to hydrolysis) is 1. The Morgan fingerprint density at radius 1 is 1.00 bits per heavy atom. The monoisotopic (exact) mass is 429 g/mol. The third-order valence-electron chi connectivity index (χ3n) is 5.91. The van der Waals surface area contributed by atoms with Crippen molar-refractivity contribution in [1.29, 1.82) is 0 Å². The molecule has 0 saturated carbocycles. The second kappa shape index (κ2) is 9.81. The van der Waals surface area contributed by atoms with Crippen molar-refractivity contribution in [2.75, 3.05) is 13.2 Å². The molecular formula is C27H27NO4. The van der Waals surface area contributed by atoms with E-state index < -0.39 is 18.3 Å². The highest BCUT2D eigenvalue weighted by Gasteiger charge is 2.29. The summed E-state index contributed by atoms with van der Waals surface area (Å²) in [7, 11) is 0. The van der Waals surface area contributed by atoms with Gasteiger partial charge in [-0.15, -0.1) is 0 Å². The van der Waals surface area contributed by atoms with Crippen LogP contribution in [-0.2, 0) is 4.74 Å². The standard InChI is InChI=1S/C27H27NO4/c1-2-18-8-7-9-19(16-18)26(30)25(29)14-15-28-27(31)32-17-24-22-12-5-3-10-20(22)21-11-4-6-13-23(21)24/h2-13,16,24-26,29-30H,1,14-15,17H2,(H,28,31). The number of hydrogen-bond donors (Lipinski definition) is 3. The smallest absolute Gasteiger partial charge is 0.407 e. The lowest BCUT2D eigenvalue weighted by Gasteiger charge is -2.19. The molecule has 3 N–H and O–H groups in total. The van der Waals surface area contributed by atoms with Crippen molar-refractivity contribution >= 4 is 12.2 Å². The van der Waals surface area contributed by atoms with Crippen molar-refractivity contribution in [3.05, 3.63) is 102 Å². The largest absolute Gasteiger partial charge is 0.449 e. The molecule has 32 heavy (non-hydrogen) atoms. The average Bonchev–Trinajstić information content (AvgIpc) is 3.16. The Morgan fingerprint density at radius 2 is 1.66 bits per heavy atom. The van der Waals surface area contributed by atoms with E-state index in [1.165, 1.54) is 11.1 Å². The van der Waals surface area contributed by atoms with Crippen LogP contribution in [0.15, 0.2) is 79.4 Å². The number of hydrogen-bond acceptors (Lipinski definition) is 4. The van der Waals surface area contributed by atoms with E-state index in [4.69, 9.17) is 4.74 Å². The van der Waals surface area contributed by atoms with Crippen LogP contribution >= 0.6 is 0 Å². The minimum Gasteiger partial charge on any atom is -0.449 e. The highest BCUT2D eigenvalue weighted by Crippen LogP contribution is 2.44. The summed E-state index contributed by atoms with van der Waals surface area (Å²) < 4.78 is 5.49. The van der Waals surface area contributed by atoms with Gasteiger partial charge in [-0.1, -0.05) is 79.4 Å². The maximum Gasteiger partial charge on any atom is 0.407 e. The summed E-state index contributed by atoms with van der Waals surface area (Å²) in [4.78, 5) is 12.2. The first kappa shape index (κ1) is 21.8. The van der Waals surface area contributed by atoms with Gasteiger partial charge in [-0.3, -0.25) is 0 Å². The fourth-order valence-corrected chi connectivity index (χ4v) is 4.22. The molecule has 0 bridgehead atoms. The van der Waals surface area contributed by atoms with Crippen LogP contribution in [0.25, 0.3) is 17.2 Å². The molecule has 0 saturated heterocycles. The molecule has 0 heterocycles. The van der Waals surface area contributed by atoms with Crippen LogP contribution in [-0.4, -0.2) is 35.6 Å². The van der Waals surface area contributed by atoms with E-state index in [1.807, 2.05) is 30.3 Å². The van der Waals surface area contributed by atoms with Crippen molar-refractivity contribution in [2.24, 2.45) is 0 Å². The van der Waals surface area contributed by atoms with Gasteiger partial charge in [-0.2, -0.15) is 0 Å². The molecule has 0 spiro atoms. The lowest BCUT2D eigenvalue weighted by atomic mass is 9.98. The topological polar surface area (TPSA) is 78.8 Å². The van der Waals surface area contributed by atoms with E-state index in [0.29, 0.717) is 5.56 Å². The highest BCUT2D eigenvalue weighted by molar-refractivity contribution is 5.79. The number of aliphatic hydroxyl groups excluding tert-OH is 2. The van der Waals surface area contributed by atoms with Crippen molar-refractivity contribution in [1.82, 2.24) is 5.32 Å². The van der Waals surface area contributed by atoms with E-state index in [9.17, 15) is 15.0 Å². The Bertz CT molecular complexity index is 1060. The molecule has 1 amide bonds. The van der Waals surface area contributed by atoms with Crippen LogP contribution in [0.1, 0.15) is 40.7 Å². The SMILES string of the molecule is C=Cc1cccc(C(O)C(O)CCNC(=O)OCC2c3ccccc3-c3ccccc32)c1. The summed E-state index contributed by atoms with van der Waals surface area (Å²) in [5.74, 6) is -0.00213. The Labute approximate surface area is 188 Å². The van der Waals surface area contributed by atoms with E-state index in [2.05, 4.69) is 36.2 Å². The van der Waals surface area contributed by atoms with Gasteiger partial charge < -0.3 is 20.3 Å². The first-order valence-electron chi connectivity index (χ1n) is 10.8. The van der Waals surface area contributed by atoms with Gasteiger partial charge in [0.1, 0.15) is 12.7 Å². The molecule has 0 aromatic heterocycles. The maximum absolute atomic E-state index is 12.2. The maximum atomic E-state index is 12.2. The molecule has 3 aromatic rings. The van der Waals surface area contributed by atoms with Gasteiger partial charge >= 0.3 is 6.09 Å². The zero-order valence-corrected chi connectivity index (χ0v) is 17.8. The molecule has 3 aromatic carbocycles. The second-order valence-electron chi connectivity index (χ2n) is 7.93. The highest BCUT2D eigenvalue weighted by atomic mass is 16.5. The van der Waals surface area contributed by atoms with Crippen LogP contribution in [0.2, 0.25) is 0 Å². The number of amides is 1. The van der Waals surface area contributed by atoms with Crippen LogP contribution in [0, 0.1) is 0 Å². The van der Waals surface area contributed by atoms with Gasteiger partial charge in [0.2, 0.25) is 0 Å². The van der Waals surface area contributed by atoms with Gasteiger partial charge in [-0.25, -0.2) is 4.79 Å². The summed E-state index contributed by atoms with van der Waals surface area (Å²) in [6.07, 6.45) is -0.712. The summed E-state index contributed by atoms with van der Waals surface area (Å²) >= 11 is 0. The predicted octanol–water partition coefficient (Wildman–Crippen LogP) is 4.65. The third kappa shape index (κ3) is 4.59. The Kier molecular flexibility index (Phi) is 6.69. The number of ether oxygens (including phenoxy) is 1. The second-order valence-corrected chi connectivity index (χ2v) is 7.93.